The molecule has 5 nitrogen and oxygen atoms in total. The van der Waals surface area contributed by atoms with E-state index in [1.165, 1.54) is 16.8 Å². The summed E-state index contributed by atoms with van der Waals surface area (Å²) in [6, 6.07) is 12.5. The first-order chi connectivity index (χ1) is 14.3. The van der Waals surface area contributed by atoms with Crippen molar-refractivity contribution in [1.82, 2.24) is 10.2 Å². The predicted octanol–water partition coefficient (Wildman–Crippen LogP) is 4.06. The van der Waals surface area contributed by atoms with Gasteiger partial charge in [0.05, 0.1) is 0 Å². The van der Waals surface area contributed by atoms with Crippen molar-refractivity contribution in [2.24, 2.45) is 5.92 Å². The Morgan fingerprint density at radius 3 is 2.20 bits per heavy atom. The fourth-order valence-electron chi connectivity index (χ4n) is 3.78. The molecule has 3 rings (SSSR count). The Morgan fingerprint density at radius 2 is 1.60 bits per heavy atom. The Morgan fingerprint density at radius 1 is 0.967 bits per heavy atom. The smallest absolute Gasteiger partial charge is 0.251 e. The molecule has 1 saturated heterocycles. The first kappa shape index (κ1) is 22.2. The lowest BCUT2D eigenvalue weighted by atomic mass is 10.0. The van der Waals surface area contributed by atoms with Gasteiger partial charge < -0.3 is 15.1 Å². The summed E-state index contributed by atoms with van der Waals surface area (Å²) in [5.74, 6) is -0.286. The summed E-state index contributed by atoms with van der Waals surface area (Å²) >= 11 is 5.90. The third kappa shape index (κ3) is 4.96. The lowest BCUT2D eigenvalue weighted by Gasteiger charge is -2.39. The molecule has 2 aromatic rings. The van der Waals surface area contributed by atoms with Gasteiger partial charge in [-0.1, -0.05) is 37.6 Å². The molecule has 1 unspecified atom stereocenters. The van der Waals surface area contributed by atoms with Crippen molar-refractivity contribution in [3.63, 3.8) is 0 Å². The van der Waals surface area contributed by atoms with E-state index in [0.29, 0.717) is 23.7 Å². The maximum Gasteiger partial charge on any atom is 0.251 e. The number of halogens is 1. The highest BCUT2D eigenvalue weighted by Crippen LogP contribution is 2.24. The van der Waals surface area contributed by atoms with Gasteiger partial charge >= 0.3 is 0 Å². The van der Waals surface area contributed by atoms with Crippen molar-refractivity contribution in [2.75, 3.05) is 31.1 Å². The summed E-state index contributed by atoms with van der Waals surface area (Å²) < 4.78 is 0. The van der Waals surface area contributed by atoms with E-state index < -0.39 is 6.04 Å². The van der Waals surface area contributed by atoms with E-state index in [4.69, 9.17) is 11.6 Å². The number of benzene rings is 2. The first-order valence-electron chi connectivity index (χ1n) is 10.4. The van der Waals surface area contributed by atoms with E-state index in [0.717, 1.165) is 13.1 Å². The lowest BCUT2D eigenvalue weighted by Crippen LogP contribution is -2.56. The second-order valence-electron chi connectivity index (χ2n) is 8.23. The molecule has 1 N–H and O–H groups in total. The molecule has 0 saturated carbocycles. The van der Waals surface area contributed by atoms with Crippen molar-refractivity contribution < 1.29 is 9.59 Å². The molecule has 0 aromatic heterocycles. The van der Waals surface area contributed by atoms with Gasteiger partial charge in [0, 0.05) is 42.5 Å². The van der Waals surface area contributed by atoms with Gasteiger partial charge in [-0.2, -0.15) is 0 Å². The standard InChI is InChI=1S/C24H30ClN3O2/c1-16(2)22(26-23(29)19-8-10-20(25)11-9-19)24(30)28-14-12-27(13-15-28)21-7-5-6-17(3)18(21)4/h5-11,16,22H,12-15H2,1-4H3,(H,26,29). The predicted molar refractivity (Wildman–Crippen MR) is 122 cm³/mol. The zero-order valence-electron chi connectivity index (χ0n) is 18.1. The zero-order chi connectivity index (χ0) is 21.8. The van der Waals surface area contributed by atoms with Crippen LogP contribution in [0.15, 0.2) is 42.5 Å². The van der Waals surface area contributed by atoms with Gasteiger partial charge in [0.25, 0.3) is 5.91 Å². The van der Waals surface area contributed by atoms with Gasteiger partial charge in [-0.3, -0.25) is 9.59 Å². The van der Waals surface area contributed by atoms with Gasteiger partial charge in [-0.05, 0) is 61.2 Å². The van der Waals surface area contributed by atoms with Crippen molar-refractivity contribution >= 4 is 29.1 Å². The third-order valence-electron chi connectivity index (χ3n) is 5.83. The molecule has 30 heavy (non-hydrogen) atoms. The summed E-state index contributed by atoms with van der Waals surface area (Å²) in [6.07, 6.45) is 0. The Kier molecular flexibility index (Phi) is 7.03. The van der Waals surface area contributed by atoms with Crippen molar-refractivity contribution in [2.45, 2.75) is 33.7 Å². The SMILES string of the molecule is Cc1cccc(N2CCN(C(=O)C(NC(=O)c3ccc(Cl)cc3)C(C)C)CC2)c1C. The molecule has 1 aliphatic heterocycles. The van der Waals surface area contributed by atoms with E-state index >= 15 is 0 Å². The van der Waals surface area contributed by atoms with Crippen LogP contribution in [0.5, 0.6) is 0 Å². The summed E-state index contributed by atoms with van der Waals surface area (Å²) in [6.45, 7) is 11.0. The quantitative estimate of drug-likeness (QED) is 0.782. The van der Waals surface area contributed by atoms with Crippen LogP contribution >= 0.6 is 11.6 Å². The van der Waals surface area contributed by atoms with E-state index in [-0.39, 0.29) is 17.7 Å². The van der Waals surface area contributed by atoms with Crippen molar-refractivity contribution in [3.05, 3.63) is 64.2 Å². The minimum absolute atomic E-state index is 0.00852. The summed E-state index contributed by atoms with van der Waals surface area (Å²) in [5.41, 5.74) is 4.29. The van der Waals surface area contributed by atoms with Crippen LogP contribution in [0.1, 0.15) is 35.3 Å². The Labute approximate surface area is 184 Å². The van der Waals surface area contributed by atoms with Crippen LogP contribution in [0.2, 0.25) is 5.02 Å². The minimum atomic E-state index is -0.555. The van der Waals surface area contributed by atoms with Crippen LogP contribution in [0.3, 0.4) is 0 Å². The molecular formula is C24H30ClN3O2. The van der Waals surface area contributed by atoms with E-state index in [9.17, 15) is 9.59 Å². The number of carbonyl (C=O) groups excluding carboxylic acids is 2. The number of nitrogens with zero attached hydrogens (tertiary/aromatic N) is 2. The second-order valence-corrected chi connectivity index (χ2v) is 8.67. The number of aryl methyl sites for hydroxylation is 1. The van der Waals surface area contributed by atoms with Gasteiger partial charge in [0.15, 0.2) is 0 Å². The molecule has 1 heterocycles. The number of rotatable bonds is 5. The third-order valence-corrected chi connectivity index (χ3v) is 6.09. The fourth-order valence-corrected chi connectivity index (χ4v) is 3.91. The molecule has 160 valence electrons. The van der Waals surface area contributed by atoms with Crippen LogP contribution in [0, 0.1) is 19.8 Å². The van der Waals surface area contributed by atoms with E-state index in [1.807, 2.05) is 18.7 Å². The molecule has 1 aliphatic rings. The Balaban J connectivity index is 1.64. The Bertz CT molecular complexity index is 903. The molecule has 2 aromatic carbocycles. The number of piperazine rings is 1. The second kappa shape index (κ2) is 9.52. The van der Waals surface area contributed by atoms with Gasteiger partial charge in [-0.25, -0.2) is 0 Å². The number of hydrogen-bond donors (Lipinski definition) is 1. The van der Waals surface area contributed by atoms with E-state index in [1.54, 1.807) is 24.3 Å². The maximum atomic E-state index is 13.2. The molecule has 0 spiro atoms. The molecular weight excluding hydrogens is 398 g/mol. The summed E-state index contributed by atoms with van der Waals surface area (Å²) in [7, 11) is 0. The number of anilines is 1. The number of amides is 2. The largest absolute Gasteiger partial charge is 0.368 e. The van der Waals surface area contributed by atoms with Gasteiger partial charge in [0.2, 0.25) is 5.91 Å². The number of hydrogen-bond acceptors (Lipinski definition) is 3. The minimum Gasteiger partial charge on any atom is -0.368 e. The van der Waals surface area contributed by atoms with Gasteiger partial charge in [0.1, 0.15) is 6.04 Å². The molecule has 0 bridgehead atoms. The maximum absolute atomic E-state index is 13.2. The summed E-state index contributed by atoms with van der Waals surface area (Å²) in [5, 5.41) is 3.50. The summed E-state index contributed by atoms with van der Waals surface area (Å²) in [4.78, 5) is 30.0. The molecule has 1 fully saturated rings. The average Bonchev–Trinajstić information content (AvgIpc) is 2.74. The highest BCUT2D eigenvalue weighted by Gasteiger charge is 2.31. The molecule has 0 aliphatic carbocycles. The first-order valence-corrected chi connectivity index (χ1v) is 10.8. The van der Waals surface area contributed by atoms with Crippen LogP contribution in [0.4, 0.5) is 5.69 Å². The molecule has 0 radical (unpaired) electrons. The lowest BCUT2D eigenvalue weighted by molar-refractivity contribution is -0.134. The average molecular weight is 428 g/mol. The highest BCUT2D eigenvalue weighted by atomic mass is 35.5. The van der Waals surface area contributed by atoms with Gasteiger partial charge in [-0.15, -0.1) is 0 Å². The monoisotopic (exact) mass is 427 g/mol. The van der Waals surface area contributed by atoms with Crippen molar-refractivity contribution in [3.8, 4) is 0 Å². The van der Waals surface area contributed by atoms with Crippen molar-refractivity contribution in [1.29, 1.82) is 0 Å². The zero-order valence-corrected chi connectivity index (χ0v) is 18.9. The van der Waals surface area contributed by atoms with Crippen LogP contribution in [-0.4, -0.2) is 48.9 Å². The topological polar surface area (TPSA) is 52.6 Å². The van der Waals surface area contributed by atoms with Crippen LogP contribution in [0.25, 0.3) is 0 Å². The van der Waals surface area contributed by atoms with E-state index in [2.05, 4.69) is 42.3 Å². The highest BCUT2D eigenvalue weighted by molar-refractivity contribution is 6.30. The fraction of sp³-hybridized carbons (Fsp3) is 0.417. The molecule has 6 heteroatoms. The molecule has 1 atom stereocenters. The van der Waals surface area contributed by atoms with Crippen LogP contribution < -0.4 is 10.2 Å². The Hall–Kier alpha value is -2.53. The number of nitrogens with one attached hydrogen (secondary N) is 1. The van der Waals surface area contributed by atoms with Crippen LogP contribution in [-0.2, 0) is 4.79 Å². The number of carbonyl (C=O) groups is 2. The normalized spacial score (nSPS) is 15.3. The molecule has 2 amide bonds.